The molecule has 4 heteroatoms. The summed E-state index contributed by atoms with van der Waals surface area (Å²) in [6, 6.07) is 9.45. The molecule has 0 radical (unpaired) electrons. The number of nitrogens with one attached hydrogen (secondary N) is 1. The van der Waals surface area contributed by atoms with Crippen LogP contribution in [-0.4, -0.2) is 17.6 Å². The maximum Gasteiger partial charge on any atom is 0.251 e. The molecule has 1 aromatic heterocycles. The quantitative estimate of drug-likeness (QED) is 0.888. The van der Waals surface area contributed by atoms with Gasteiger partial charge < -0.3 is 10.4 Å². The number of benzene rings is 1. The summed E-state index contributed by atoms with van der Waals surface area (Å²) in [6.07, 6.45) is 0. The Balaban J connectivity index is 1.98. The van der Waals surface area contributed by atoms with Crippen molar-refractivity contribution in [2.45, 2.75) is 32.3 Å². The molecule has 21 heavy (non-hydrogen) atoms. The second-order valence-electron chi connectivity index (χ2n) is 5.75. The molecular formula is C17H21NO2S. The van der Waals surface area contributed by atoms with E-state index in [1.165, 1.54) is 16.9 Å². The first-order chi connectivity index (χ1) is 9.90. The highest BCUT2D eigenvalue weighted by Gasteiger charge is 2.24. The van der Waals surface area contributed by atoms with Crippen LogP contribution in [0.4, 0.5) is 0 Å². The maximum atomic E-state index is 12.1. The highest BCUT2D eigenvalue weighted by Crippen LogP contribution is 2.22. The summed E-state index contributed by atoms with van der Waals surface area (Å²) in [5.74, 6) is 0.280. The van der Waals surface area contributed by atoms with Gasteiger partial charge in [0, 0.05) is 5.56 Å². The largest absolute Gasteiger partial charge is 0.384 e. The number of hydrogen-bond donors (Lipinski definition) is 2. The van der Waals surface area contributed by atoms with Crippen molar-refractivity contribution >= 4 is 17.2 Å². The van der Waals surface area contributed by atoms with Crippen molar-refractivity contribution < 1.29 is 9.90 Å². The Bertz CT molecular complexity index is 586. The molecule has 1 aromatic carbocycles. The standard InChI is InChI=1S/C17H21NO2S/c1-12(2)13-4-6-14(7-5-13)16(19)18-11-17(3,20)15-8-9-21-10-15/h4-10,12,20H,11H2,1-3H3,(H,18,19). The number of carbonyl (C=O) groups excluding carboxylic acids is 1. The fourth-order valence-corrected chi connectivity index (χ4v) is 2.83. The molecule has 2 aromatic rings. The van der Waals surface area contributed by atoms with E-state index in [-0.39, 0.29) is 12.5 Å². The Hall–Kier alpha value is -1.65. The molecule has 1 amide bonds. The predicted molar refractivity (Wildman–Crippen MR) is 86.8 cm³/mol. The van der Waals surface area contributed by atoms with Crippen molar-refractivity contribution in [3.05, 3.63) is 57.8 Å². The normalized spacial score (nSPS) is 14.0. The van der Waals surface area contributed by atoms with Crippen molar-refractivity contribution in [1.82, 2.24) is 5.32 Å². The van der Waals surface area contributed by atoms with Crippen molar-refractivity contribution in [2.75, 3.05) is 6.54 Å². The molecule has 112 valence electrons. The van der Waals surface area contributed by atoms with E-state index in [4.69, 9.17) is 0 Å². The SMILES string of the molecule is CC(C)c1ccc(C(=O)NCC(C)(O)c2ccsc2)cc1. The van der Waals surface area contributed by atoms with Crippen molar-refractivity contribution in [1.29, 1.82) is 0 Å². The van der Waals surface area contributed by atoms with E-state index in [2.05, 4.69) is 19.2 Å². The van der Waals surface area contributed by atoms with E-state index >= 15 is 0 Å². The molecule has 1 unspecified atom stereocenters. The number of hydrogen-bond acceptors (Lipinski definition) is 3. The van der Waals surface area contributed by atoms with Crippen LogP contribution in [0.3, 0.4) is 0 Å². The minimum Gasteiger partial charge on any atom is -0.384 e. The molecule has 3 nitrogen and oxygen atoms in total. The molecule has 0 aliphatic rings. The lowest BCUT2D eigenvalue weighted by Crippen LogP contribution is -2.38. The van der Waals surface area contributed by atoms with Gasteiger partial charge in [-0.25, -0.2) is 0 Å². The Kier molecular flexibility index (Phi) is 4.80. The number of rotatable bonds is 5. The van der Waals surface area contributed by atoms with Crippen LogP contribution in [0.2, 0.25) is 0 Å². The van der Waals surface area contributed by atoms with Crippen LogP contribution in [0.5, 0.6) is 0 Å². The first kappa shape index (κ1) is 15.7. The summed E-state index contributed by atoms with van der Waals surface area (Å²) >= 11 is 1.53. The molecule has 0 aliphatic heterocycles. The smallest absolute Gasteiger partial charge is 0.251 e. The van der Waals surface area contributed by atoms with Crippen LogP contribution in [-0.2, 0) is 5.60 Å². The Labute approximate surface area is 129 Å². The minimum atomic E-state index is -1.05. The summed E-state index contributed by atoms with van der Waals surface area (Å²) in [5.41, 5.74) is 1.59. The molecule has 0 saturated heterocycles. The van der Waals surface area contributed by atoms with Gasteiger partial charge in [0.2, 0.25) is 0 Å². The molecular weight excluding hydrogens is 282 g/mol. The van der Waals surface area contributed by atoms with Gasteiger partial charge in [0.15, 0.2) is 0 Å². The van der Waals surface area contributed by atoms with Gasteiger partial charge >= 0.3 is 0 Å². The second-order valence-corrected chi connectivity index (χ2v) is 6.53. The molecule has 2 rings (SSSR count). The average molecular weight is 303 g/mol. The molecule has 0 saturated carbocycles. The molecule has 0 bridgehead atoms. The van der Waals surface area contributed by atoms with E-state index in [1.54, 1.807) is 6.92 Å². The summed E-state index contributed by atoms with van der Waals surface area (Å²) in [4.78, 5) is 12.1. The van der Waals surface area contributed by atoms with Gasteiger partial charge in [-0.15, -0.1) is 0 Å². The minimum absolute atomic E-state index is 0.166. The number of thiophene rings is 1. The maximum absolute atomic E-state index is 12.1. The number of aliphatic hydroxyl groups is 1. The predicted octanol–water partition coefficient (Wildman–Crippen LogP) is 3.51. The van der Waals surface area contributed by atoms with Gasteiger partial charge in [0.25, 0.3) is 5.91 Å². The summed E-state index contributed by atoms with van der Waals surface area (Å²) in [7, 11) is 0. The summed E-state index contributed by atoms with van der Waals surface area (Å²) in [6.45, 7) is 6.13. The summed E-state index contributed by atoms with van der Waals surface area (Å²) in [5, 5.41) is 17.0. The highest BCUT2D eigenvalue weighted by molar-refractivity contribution is 7.08. The Morgan fingerprint density at radius 1 is 1.29 bits per heavy atom. The lowest BCUT2D eigenvalue weighted by atomic mass is 9.99. The van der Waals surface area contributed by atoms with E-state index < -0.39 is 5.60 Å². The zero-order chi connectivity index (χ0) is 15.5. The zero-order valence-electron chi connectivity index (χ0n) is 12.6. The van der Waals surface area contributed by atoms with Gasteiger partial charge in [-0.3, -0.25) is 4.79 Å². The topological polar surface area (TPSA) is 49.3 Å². The molecule has 1 atom stereocenters. The van der Waals surface area contributed by atoms with Crippen molar-refractivity contribution in [2.24, 2.45) is 0 Å². The van der Waals surface area contributed by atoms with E-state index in [0.29, 0.717) is 11.5 Å². The monoisotopic (exact) mass is 303 g/mol. The summed E-state index contributed by atoms with van der Waals surface area (Å²) < 4.78 is 0. The highest BCUT2D eigenvalue weighted by atomic mass is 32.1. The van der Waals surface area contributed by atoms with Gasteiger partial charge in [-0.05, 0) is 52.9 Å². The Morgan fingerprint density at radius 3 is 2.48 bits per heavy atom. The van der Waals surface area contributed by atoms with E-state index in [9.17, 15) is 9.90 Å². The molecule has 0 spiro atoms. The number of carbonyl (C=O) groups is 1. The van der Waals surface area contributed by atoms with E-state index in [0.717, 1.165) is 5.56 Å². The van der Waals surface area contributed by atoms with Crippen LogP contribution < -0.4 is 5.32 Å². The third-order valence-corrected chi connectivity index (χ3v) is 4.26. The Morgan fingerprint density at radius 2 is 1.95 bits per heavy atom. The van der Waals surface area contributed by atoms with Gasteiger partial charge in [-0.1, -0.05) is 26.0 Å². The lowest BCUT2D eigenvalue weighted by molar-refractivity contribution is 0.0530. The zero-order valence-corrected chi connectivity index (χ0v) is 13.4. The van der Waals surface area contributed by atoms with E-state index in [1.807, 2.05) is 41.1 Å². The molecule has 2 N–H and O–H groups in total. The second kappa shape index (κ2) is 6.41. The van der Waals surface area contributed by atoms with Crippen LogP contribution >= 0.6 is 11.3 Å². The van der Waals surface area contributed by atoms with Gasteiger partial charge in [0.05, 0.1) is 6.54 Å². The van der Waals surface area contributed by atoms with Crippen LogP contribution in [0, 0.1) is 0 Å². The first-order valence-electron chi connectivity index (χ1n) is 7.03. The fraction of sp³-hybridized carbons (Fsp3) is 0.353. The number of amides is 1. The van der Waals surface area contributed by atoms with Crippen molar-refractivity contribution in [3.63, 3.8) is 0 Å². The first-order valence-corrected chi connectivity index (χ1v) is 7.97. The molecule has 1 heterocycles. The van der Waals surface area contributed by atoms with Gasteiger partial charge in [0.1, 0.15) is 5.60 Å². The lowest BCUT2D eigenvalue weighted by Gasteiger charge is -2.22. The van der Waals surface area contributed by atoms with Crippen LogP contribution in [0.15, 0.2) is 41.1 Å². The van der Waals surface area contributed by atoms with Crippen molar-refractivity contribution in [3.8, 4) is 0 Å². The van der Waals surface area contributed by atoms with Crippen LogP contribution in [0.25, 0.3) is 0 Å². The fourth-order valence-electron chi connectivity index (χ4n) is 2.05. The van der Waals surface area contributed by atoms with Gasteiger partial charge in [-0.2, -0.15) is 11.3 Å². The molecule has 0 fully saturated rings. The van der Waals surface area contributed by atoms with Crippen LogP contribution in [0.1, 0.15) is 48.2 Å². The third-order valence-electron chi connectivity index (χ3n) is 3.58. The molecule has 0 aliphatic carbocycles. The average Bonchev–Trinajstić information content (AvgIpc) is 3.00. The third kappa shape index (κ3) is 3.93.